The van der Waals surface area contributed by atoms with Crippen LogP contribution in [-0.2, 0) is 12.8 Å². The summed E-state index contributed by atoms with van der Waals surface area (Å²) in [5.74, 6) is 1.63. The van der Waals surface area contributed by atoms with Crippen LogP contribution < -0.4 is 14.8 Å². The van der Waals surface area contributed by atoms with E-state index in [-0.39, 0.29) is 11.9 Å². The van der Waals surface area contributed by atoms with Gasteiger partial charge in [-0.15, -0.1) is 0 Å². The van der Waals surface area contributed by atoms with Gasteiger partial charge in [-0.2, -0.15) is 5.10 Å². The van der Waals surface area contributed by atoms with Crippen LogP contribution in [0.4, 0.5) is 5.69 Å². The third-order valence-electron chi connectivity index (χ3n) is 5.63. The van der Waals surface area contributed by atoms with E-state index >= 15 is 0 Å². The van der Waals surface area contributed by atoms with Crippen LogP contribution in [0, 0.1) is 0 Å². The number of anilines is 1. The first-order valence-electron chi connectivity index (χ1n) is 9.79. The number of aryl methyl sites for hydroxylation is 1. The predicted octanol–water partition coefficient (Wildman–Crippen LogP) is 2.39. The fourth-order valence-electron chi connectivity index (χ4n) is 4.29. The molecule has 1 atom stereocenters. The molecule has 1 aromatic carbocycles. The zero-order valence-electron chi connectivity index (χ0n) is 15.3. The SMILES string of the molecule is O=C(c1n[nH]c2c1CCC2)N1CCC[C@H](Nc2ccc3c(c2)OCCO3)C1. The molecule has 3 aliphatic rings. The molecular formula is C20H24N4O3. The lowest BCUT2D eigenvalue weighted by atomic mass is 10.0. The quantitative estimate of drug-likeness (QED) is 0.870. The smallest absolute Gasteiger partial charge is 0.274 e. The van der Waals surface area contributed by atoms with Crippen LogP contribution in [0.5, 0.6) is 11.5 Å². The molecule has 27 heavy (non-hydrogen) atoms. The van der Waals surface area contributed by atoms with Gasteiger partial charge in [-0.1, -0.05) is 0 Å². The van der Waals surface area contributed by atoms with Crippen molar-refractivity contribution in [3.8, 4) is 11.5 Å². The minimum atomic E-state index is 0.0584. The number of carbonyl (C=O) groups excluding carboxylic acids is 1. The zero-order valence-corrected chi connectivity index (χ0v) is 15.3. The van der Waals surface area contributed by atoms with Gasteiger partial charge < -0.3 is 19.7 Å². The highest BCUT2D eigenvalue weighted by Gasteiger charge is 2.30. The van der Waals surface area contributed by atoms with Gasteiger partial charge in [-0.3, -0.25) is 9.89 Å². The van der Waals surface area contributed by atoms with Crippen LogP contribution in [0.2, 0.25) is 0 Å². The largest absolute Gasteiger partial charge is 0.486 e. The maximum Gasteiger partial charge on any atom is 0.274 e. The van der Waals surface area contributed by atoms with Gasteiger partial charge in [0.25, 0.3) is 5.91 Å². The summed E-state index contributed by atoms with van der Waals surface area (Å²) >= 11 is 0. The number of rotatable bonds is 3. The Balaban J connectivity index is 1.27. The summed E-state index contributed by atoms with van der Waals surface area (Å²) in [7, 11) is 0. The summed E-state index contributed by atoms with van der Waals surface area (Å²) in [5.41, 5.74) is 3.89. The van der Waals surface area contributed by atoms with E-state index in [1.807, 2.05) is 23.1 Å². The number of H-pyrrole nitrogens is 1. The van der Waals surface area contributed by atoms with Gasteiger partial charge in [0.15, 0.2) is 17.2 Å². The Hall–Kier alpha value is -2.70. The van der Waals surface area contributed by atoms with E-state index in [0.29, 0.717) is 25.5 Å². The van der Waals surface area contributed by atoms with E-state index in [2.05, 4.69) is 15.5 Å². The second kappa shape index (κ2) is 6.79. The lowest BCUT2D eigenvalue weighted by Crippen LogP contribution is -2.45. The van der Waals surface area contributed by atoms with E-state index < -0.39 is 0 Å². The second-order valence-electron chi connectivity index (χ2n) is 7.48. The number of carbonyl (C=O) groups is 1. The number of ether oxygens (including phenoxy) is 2. The molecular weight excluding hydrogens is 344 g/mol. The molecule has 7 heteroatoms. The first kappa shape index (κ1) is 16.5. The van der Waals surface area contributed by atoms with Crippen LogP contribution in [0.25, 0.3) is 0 Å². The van der Waals surface area contributed by atoms with E-state index in [9.17, 15) is 4.79 Å². The first-order valence-corrected chi connectivity index (χ1v) is 9.79. The summed E-state index contributed by atoms with van der Waals surface area (Å²) in [5, 5.41) is 10.9. The van der Waals surface area contributed by atoms with Crippen LogP contribution in [0.15, 0.2) is 18.2 Å². The maximum absolute atomic E-state index is 13.0. The fraction of sp³-hybridized carbons (Fsp3) is 0.500. The lowest BCUT2D eigenvalue weighted by Gasteiger charge is -2.33. The summed E-state index contributed by atoms with van der Waals surface area (Å²) in [6.45, 7) is 2.65. The van der Waals surface area contributed by atoms with Crippen molar-refractivity contribution in [2.45, 2.75) is 38.1 Å². The highest BCUT2D eigenvalue weighted by Crippen LogP contribution is 2.33. The summed E-state index contributed by atoms with van der Waals surface area (Å²) in [4.78, 5) is 14.9. The molecule has 2 N–H and O–H groups in total. The molecule has 1 saturated heterocycles. The van der Waals surface area contributed by atoms with E-state index in [0.717, 1.165) is 67.1 Å². The number of nitrogens with one attached hydrogen (secondary N) is 2. The molecule has 0 bridgehead atoms. The molecule has 142 valence electrons. The minimum absolute atomic E-state index is 0.0584. The normalized spacial score (nSPS) is 21.0. The number of aromatic nitrogens is 2. The van der Waals surface area contributed by atoms with Crippen LogP contribution in [0.1, 0.15) is 41.0 Å². The van der Waals surface area contributed by atoms with Gasteiger partial charge in [0.1, 0.15) is 13.2 Å². The van der Waals surface area contributed by atoms with Crippen molar-refractivity contribution < 1.29 is 14.3 Å². The minimum Gasteiger partial charge on any atom is -0.486 e. The monoisotopic (exact) mass is 368 g/mol. The molecule has 0 radical (unpaired) electrons. The van der Waals surface area contributed by atoms with E-state index in [1.165, 1.54) is 0 Å². The standard InChI is InChI=1S/C20H24N4O3/c25-20(19-15-4-1-5-16(15)22-23-19)24-8-2-3-14(12-24)21-13-6-7-17-18(11-13)27-10-9-26-17/h6-7,11,14,21H,1-5,8-10,12H2,(H,22,23)/t14-/m0/s1. The highest BCUT2D eigenvalue weighted by atomic mass is 16.6. The molecule has 1 aliphatic carbocycles. The predicted molar refractivity (Wildman–Crippen MR) is 101 cm³/mol. The fourth-order valence-corrected chi connectivity index (χ4v) is 4.29. The Bertz CT molecular complexity index is 863. The van der Waals surface area contributed by atoms with E-state index in [1.54, 1.807) is 0 Å². The molecule has 1 aromatic heterocycles. The van der Waals surface area contributed by atoms with Gasteiger partial charge in [-0.05, 0) is 44.2 Å². The zero-order chi connectivity index (χ0) is 18.2. The van der Waals surface area contributed by atoms with Crippen molar-refractivity contribution >= 4 is 11.6 Å². The molecule has 1 fully saturated rings. The lowest BCUT2D eigenvalue weighted by molar-refractivity contribution is 0.0707. The van der Waals surface area contributed by atoms with Gasteiger partial charge >= 0.3 is 0 Å². The molecule has 0 spiro atoms. The second-order valence-corrected chi connectivity index (χ2v) is 7.48. The summed E-state index contributed by atoms with van der Waals surface area (Å²) in [6, 6.07) is 6.15. The topological polar surface area (TPSA) is 79.5 Å². The van der Waals surface area contributed by atoms with Crippen LogP contribution >= 0.6 is 0 Å². The van der Waals surface area contributed by atoms with E-state index in [4.69, 9.17) is 9.47 Å². The molecule has 5 rings (SSSR count). The van der Waals surface area contributed by atoms with Crippen molar-refractivity contribution in [2.75, 3.05) is 31.6 Å². The Kier molecular flexibility index (Phi) is 4.14. The molecule has 3 heterocycles. The number of likely N-dealkylation sites (tertiary alicyclic amines) is 1. The third kappa shape index (κ3) is 3.11. The molecule has 2 aromatic rings. The summed E-state index contributed by atoms with van der Waals surface area (Å²) < 4.78 is 11.2. The van der Waals surface area contributed by atoms with Gasteiger partial charge in [0.05, 0.1) is 0 Å². The van der Waals surface area contributed by atoms with Gasteiger partial charge in [0.2, 0.25) is 0 Å². The van der Waals surface area contributed by atoms with Crippen LogP contribution in [0.3, 0.4) is 0 Å². The number of amides is 1. The number of hydrogen-bond donors (Lipinski definition) is 2. The van der Waals surface area contributed by atoms with Crippen molar-refractivity contribution in [3.05, 3.63) is 35.2 Å². The molecule has 0 unspecified atom stereocenters. The van der Waals surface area contributed by atoms with Crippen molar-refractivity contribution in [3.63, 3.8) is 0 Å². The maximum atomic E-state index is 13.0. The molecule has 2 aliphatic heterocycles. The van der Waals surface area contributed by atoms with Crippen LogP contribution in [-0.4, -0.2) is 53.3 Å². The number of piperidine rings is 1. The van der Waals surface area contributed by atoms with Gasteiger partial charge in [-0.25, -0.2) is 0 Å². The average molecular weight is 368 g/mol. The highest BCUT2D eigenvalue weighted by molar-refractivity contribution is 5.94. The Morgan fingerprint density at radius 3 is 3.00 bits per heavy atom. The first-order chi connectivity index (χ1) is 13.3. The molecule has 1 amide bonds. The molecule has 0 saturated carbocycles. The summed E-state index contributed by atoms with van der Waals surface area (Å²) in [6.07, 6.45) is 5.10. The number of benzene rings is 1. The Morgan fingerprint density at radius 1 is 1.19 bits per heavy atom. The Labute approximate surface area is 158 Å². The number of aromatic amines is 1. The third-order valence-corrected chi connectivity index (χ3v) is 5.63. The molecule has 7 nitrogen and oxygen atoms in total. The van der Waals surface area contributed by atoms with Crippen molar-refractivity contribution in [1.29, 1.82) is 0 Å². The van der Waals surface area contributed by atoms with Crippen molar-refractivity contribution in [1.82, 2.24) is 15.1 Å². The number of hydrogen-bond acceptors (Lipinski definition) is 5. The number of fused-ring (bicyclic) bond motifs is 2. The number of nitrogens with zero attached hydrogens (tertiary/aromatic N) is 2. The van der Waals surface area contributed by atoms with Gasteiger partial charge in [0, 0.05) is 42.1 Å². The average Bonchev–Trinajstić information content (AvgIpc) is 3.31. The Morgan fingerprint density at radius 2 is 2.07 bits per heavy atom. The van der Waals surface area contributed by atoms with Crippen molar-refractivity contribution in [2.24, 2.45) is 0 Å².